The molecule has 2 aromatic rings. The van der Waals surface area contributed by atoms with Crippen molar-refractivity contribution in [2.45, 2.75) is 51.1 Å². The molecule has 1 saturated heterocycles. The van der Waals surface area contributed by atoms with Crippen molar-refractivity contribution in [3.8, 4) is 0 Å². The Labute approximate surface area is 168 Å². The highest BCUT2D eigenvalue weighted by Crippen LogP contribution is 2.28. The molecule has 2 aliphatic heterocycles. The second-order valence-corrected chi connectivity index (χ2v) is 8.07. The van der Waals surface area contributed by atoms with Crippen LogP contribution in [0, 0.1) is 0 Å². The fourth-order valence-corrected chi connectivity index (χ4v) is 3.83. The number of amides is 4. The van der Waals surface area contributed by atoms with Gasteiger partial charge in [-0.2, -0.15) is 0 Å². The van der Waals surface area contributed by atoms with Gasteiger partial charge in [0.15, 0.2) is 0 Å². The molecule has 1 atom stereocenters. The molecule has 152 valence electrons. The smallest absolute Gasteiger partial charge is 0.325 e. The summed E-state index contributed by atoms with van der Waals surface area (Å²) in [4.78, 5) is 37.4. The maximum absolute atomic E-state index is 12.2. The fraction of sp³-hybridized carbons (Fsp3) is 0.450. The lowest BCUT2D eigenvalue weighted by Gasteiger charge is -2.23. The highest BCUT2D eigenvalue weighted by atomic mass is 16.2. The van der Waals surface area contributed by atoms with Crippen LogP contribution in [0.1, 0.15) is 44.0 Å². The standard InChI is InChI=1S/C20H24N6O3/c1-20(2)18(28)26(19(29)23-20)10-9-17(27)22-15-6-3-13(4-7-15)14-5-8-16-24-21-12-25(16)11-14/h3-4,6-7,12,14H,5,8-11H2,1-2H3,(H,22,27)(H,23,29)/t14-/m0/s1. The van der Waals surface area contributed by atoms with Gasteiger partial charge in [-0.05, 0) is 38.0 Å². The molecule has 0 saturated carbocycles. The lowest BCUT2D eigenvalue weighted by molar-refractivity contribution is -0.130. The number of carbonyl (C=O) groups excluding carboxylic acids is 3. The van der Waals surface area contributed by atoms with Crippen molar-refractivity contribution >= 4 is 23.5 Å². The summed E-state index contributed by atoms with van der Waals surface area (Å²) >= 11 is 0. The molecular weight excluding hydrogens is 372 g/mol. The Morgan fingerprint density at radius 2 is 2.03 bits per heavy atom. The third kappa shape index (κ3) is 3.85. The van der Waals surface area contributed by atoms with Gasteiger partial charge in [0.25, 0.3) is 5.91 Å². The van der Waals surface area contributed by atoms with E-state index in [1.54, 1.807) is 20.2 Å². The molecule has 4 rings (SSSR count). The second-order valence-electron chi connectivity index (χ2n) is 8.07. The number of nitrogens with zero attached hydrogens (tertiary/aromatic N) is 4. The van der Waals surface area contributed by atoms with Gasteiger partial charge in [-0.15, -0.1) is 10.2 Å². The highest BCUT2D eigenvalue weighted by molar-refractivity contribution is 6.06. The maximum Gasteiger partial charge on any atom is 0.325 e. The van der Waals surface area contributed by atoms with Gasteiger partial charge in [0.05, 0.1) is 0 Å². The number of nitrogens with one attached hydrogen (secondary N) is 2. The summed E-state index contributed by atoms with van der Waals surface area (Å²) in [6, 6.07) is 7.35. The Hall–Kier alpha value is -3.23. The number of imide groups is 1. The lowest BCUT2D eigenvalue weighted by Crippen LogP contribution is -2.40. The Bertz CT molecular complexity index is 949. The number of benzene rings is 1. The van der Waals surface area contributed by atoms with Crippen molar-refractivity contribution in [2.24, 2.45) is 0 Å². The Kier molecular flexibility index (Phi) is 4.81. The van der Waals surface area contributed by atoms with Crippen LogP contribution in [0.2, 0.25) is 0 Å². The van der Waals surface area contributed by atoms with Crippen molar-refractivity contribution in [3.63, 3.8) is 0 Å². The maximum atomic E-state index is 12.2. The molecule has 1 aromatic heterocycles. The van der Waals surface area contributed by atoms with Crippen LogP contribution in [0.15, 0.2) is 30.6 Å². The van der Waals surface area contributed by atoms with Crippen LogP contribution in [0.3, 0.4) is 0 Å². The van der Waals surface area contributed by atoms with E-state index in [2.05, 4.69) is 25.4 Å². The molecule has 9 heteroatoms. The van der Waals surface area contributed by atoms with E-state index in [-0.39, 0.29) is 24.8 Å². The van der Waals surface area contributed by atoms with Crippen LogP contribution in [-0.2, 0) is 22.6 Å². The zero-order chi connectivity index (χ0) is 20.6. The largest absolute Gasteiger partial charge is 0.326 e. The second kappa shape index (κ2) is 7.31. The van der Waals surface area contributed by atoms with Crippen LogP contribution in [0.4, 0.5) is 10.5 Å². The van der Waals surface area contributed by atoms with Gasteiger partial charge in [0.2, 0.25) is 5.91 Å². The molecule has 3 heterocycles. The van der Waals surface area contributed by atoms with Gasteiger partial charge in [-0.1, -0.05) is 12.1 Å². The third-order valence-electron chi connectivity index (χ3n) is 5.50. The minimum atomic E-state index is -0.921. The molecule has 2 aliphatic rings. The molecule has 29 heavy (non-hydrogen) atoms. The zero-order valence-corrected chi connectivity index (χ0v) is 16.5. The number of hydrogen-bond donors (Lipinski definition) is 2. The molecule has 0 aliphatic carbocycles. The van der Waals surface area contributed by atoms with Gasteiger partial charge in [0.1, 0.15) is 17.7 Å². The number of aryl methyl sites for hydroxylation is 1. The summed E-state index contributed by atoms with van der Waals surface area (Å²) in [6.07, 6.45) is 3.74. The Morgan fingerprint density at radius 1 is 1.28 bits per heavy atom. The normalized spacial score (nSPS) is 20.3. The average Bonchev–Trinajstić information content (AvgIpc) is 3.22. The lowest BCUT2D eigenvalue weighted by atomic mass is 9.91. The average molecular weight is 396 g/mol. The molecule has 2 N–H and O–H groups in total. The molecule has 9 nitrogen and oxygen atoms in total. The van der Waals surface area contributed by atoms with E-state index in [9.17, 15) is 14.4 Å². The van der Waals surface area contributed by atoms with Crippen LogP contribution >= 0.6 is 0 Å². The topological polar surface area (TPSA) is 109 Å². The van der Waals surface area contributed by atoms with Crippen LogP contribution in [0.5, 0.6) is 0 Å². The molecule has 0 radical (unpaired) electrons. The molecule has 0 unspecified atom stereocenters. The minimum Gasteiger partial charge on any atom is -0.326 e. The molecular formula is C20H24N6O3. The number of urea groups is 1. The van der Waals surface area contributed by atoms with Crippen molar-refractivity contribution in [3.05, 3.63) is 42.0 Å². The number of rotatable bonds is 5. The summed E-state index contributed by atoms with van der Waals surface area (Å²) in [5.74, 6) is 0.864. The van der Waals surface area contributed by atoms with Crippen molar-refractivity contribution in [1.82, 2.24) is 25.0 Å². The minimum absolute atomic E-state index is 0.0516. The first kappa shape index (κ1) is 19.1. The monoisotopic (exact) mass is 396 g/mol. The summed E-state index contributed by atoms with van der Waals surface area (Å²) in [7, 11) is 0. The summed E-state index contributed by atoms with van der Waals surface area (Å²) in [5, 5.41) is 13.5. The van der Waals surface area contributed by atoms with Gasteiger partial charge >= 0.3 is 6.03 Å². The van der Waals surface area contributed by atoms with Crippen LogP contribution in [0.25, 0.3) is 0 Å². The van der Waals surface area contributed by atoms with Gasteiger partial charge in [0, 0.05) is 37.5 Å². The number of fused-ring (bicyclic) bond motifs is 1. The summed E-state index contributed by atoms with van der Waals surface area (Å²) in [6.45, 7) is 4.20. The van der Waals surface area contributed by atoms with Crippen molar-refractivity contribution in [1.29, 1.82) is 0 Å². The molecule has 1 fully saturated rings. The molecule has 0 spiro atoms. The zero-order valence-electron chi connectivity index (χ0n) is 16.5. The van der Waals surface area contributed by atoms with E-state index in [0.29, 0.717) is 11.6 Å². The van der Waals surface area contributed by atoms with Crippen molar-refractivity contribution < 1.29 is 14.4 Å². The number of carbonyl (C=O) groups is 3. The van der Waals surface area contributed by atoms with Gasteiger partial charge < -0.3 is 15.2 Å². The number of aromatic nitrogens is 3. The Morgan fingerprint density at radius 3 is 2.72 bits per heavy atom. The first-order valence-corrected chi connectivity index (χ1v) is 9.74. The summed E-state index contributed by atoms with van der Waals surface area (Å²) < 4.78 is 2.08. The van der Waals surface area contributed by atoms with E-state index < -0.39 is 11.6 Å². The first-order chi connectivity index (χ1) is 13.8. The van der Waals surface area contributed by atoms with Crippen LogP contribution in [-0.4, -0.2) is 49.6 Å². The molecule has 0 bridgehead atoms. The Balaban J connectivity index is 1.30. The third-order valence-corrected chi connectivity index (χ3v) is 5.50. The molecule has 1 aromatic carbocycles. The van der Waals surface area contributed by atoms with Gasteiger partial charge in [-0.25, -0.2) is 4.79 Å². The predicted molar refractivity (Wildman–Crippen MR) is 105 cm³/mol. The number of hydrogen-bond acceptors (Lipinski definition) is 5. The van der Waals surface area contributed by atoms with Gasteiger partial charge in [-0.3, -0.25) is 14.5 Å². The van der Waals surface area contributed by atoms with Crippen LogP contribution < -0.4 is 10.6 Å². The van der Waals surface area contributed by atoms with E-state index in [1.165, 1.54) is 5.56 Å². The fourth-order valence-electron chi connectivity index (χ4n) is 3.83. The first-order valence-electron chi connectivity index (χ1n) is 9.74. The molecule has 4 amide bonds. The summed E-state index contributed by atoms with van der Waals surface area (Å²) in [5.41, 5.74) is 0.983. The van der Waals surface area contributed by atoms with E-state index in [0.717, 1.165) is 30.1 Å². The van der Waals surface area contributed by atoms with E-state index >= 15 is 0 Å². The SMILES string of the molecule is CC1(C)NC(=O)N(CCC(=O)Nc2ccc([C@H]3CCc4nncn4C3)cc2)C1=O. The quantitative estimate of drug-likeness (QED) is 0.747. The van der Waals surface area contributed by atoms with E-state index in [4.69, 9.17) is 0 Å². The predicted octanol–water partition coefficient (Wildman–Crippen LogP) is 1.67. The van der Waals surface area contributed by atoms with E-state index in [1.807, 2.05) is 24.3 Å². The van der Waals surface area contributed by atoms with Crippen molar-refractivity contribution in [2.75, 3.05) is 11.9 Å². The number of anilines is 1. The highest BCUT2D eigenvalue weighted by Gasteiger charge is 2.43.